The van der Waals surface area contributed by atoms with Gasteiger partial charge in [0.15, 0.2) is 5.82 Å². The first-order valence-electron chi connectivity index (χ1n) is 9.06. The number of hydrogen-bond donors (Lipinski definition) is 2. The zero-order chi connectivity index (χ0) is 19.5. The van der Waals surface area contributed by atoms with Crippen molar-refractivity contribution in [2.24, 2.45) is 0 Å². The molecular weight excluding hydrogens is 376 g/mol. The Kier molecular flexibility index (Phi) is 5.31. The van der Waals surface area contributed by atoms with Crippen molar-refractivity contribution >= 4 is 39.9 Å². The number of carbonyl (C=O) groups is 1. The maximum absolute atomic E-state index is 10.9. The van der Waals surface area contributed by atoms with Crippen molar-refractivity contribution < 1.29 is 13.6 Å². The summed E-state index contributed by atoms with van der Waals surface area (Å²) >= 11 is -2.10. The largest absolute Gasteiger partial charge is 0.772 e. The molecule has 0 bridgehead atoms. The first kappa shape index (κ1) is 18.5. The van der Waals surface area contributed by atoms with Gasteiger partial charge in [0, 0.05) is 17.2 Å². The maximum Gasteiger partial charge on any atom is 0.212 e. The summed E-state index contributed by atoms with van der Waals surface area (Å²) in [4.78, 5) is 10.9. The van der Waals surface area contributed by atoms with E-state index in [1.807, 2.05) is 42.5 Å². The van der Waals surface area contributed by atoms with E-state index >= 15 is 0 Å². The fourth-order valence-electron chi connectivity index (χ4n) is 3.28. The van der Waals surface area contributed by atoms with E-state index in [1.54, 1.807) is 0 Å². The molecule has 28 heavy (non-hydrogen) atoms. The van der Waals surface area contributed by atoms with Crippen molar-refractivity contribution in [1.29, 1.82) is 0 Å². The van der Waals surface area contributed by atoms with Crippen molar-refractivity contribution in [2.45, 2.75) is 31.1 Å². The topological polar surface area (TPSA) is 107 Å². The quantitative estimate of drug-likeness (QED) is 0.470. The van der Waals surface area contributed by atoms with E-state index < -0.39 is 11.1 Å². The fraction of sp³-hybridized carbons (Fsp3) is 0.250. The normalized spacial score (nSPS) is 15.0. The zero-order valence-corrected chi connectivity index (χ0v) is 15.9. The van der Waals surface area contributed by atoms with Gasteiger partial charge in [-0.15, -0.1) is 10.2 Å². The smallest absolute Gasteiger partial charge is 0.212 e. The highest BCUT2D eigenvalue weighted by atomic mass is 32.2. The van der Waals surface area contributed by atoms with Crippen LogP contribution < -0.4 is 10.6 Å². The molecule has 1 amide bonds. The summed E-state index contributed by atoms with van der Waals surface area (Å²) in [5.41, 5.74) is 4.19. The number of fused-ring (bicyclic) bond motifs is 1. The number of carbonyl (C=O) groups excluding carboxylic acids is 1. The van der Waals surface area contributed by atoms with Gasteiger partial charge in [-0.2, -0.15) is 0 Å². The molecule has 4 rings (SSSR count). The van der Waals surface area contributed by atoms with Crippen LogP contribution in [0.25, 0.3) is 22.0 Å². The van der Waals surface area contributed by atoms with E-state index in [4.69, 9.17) is 0 Å². The summed E-state index contributed by atoms with van der Waals surface area (Å²) in [6.07, 6.45) is 4.00. The Bertz CT molecular complexity index is 1040. The summed E-state index contributed by atoms with van der Waals surface area (Å²) in [6, 6.07) is 13.7. The van der Waals surface area contributed by atoms with E-state index in [0.29, 0.717) is 18.3 Å². The highest BCUT2D eigenvalue weighted by Crippen LogP contribution is 2.34. The van der Waals surface area contributed by atoms with E-state index in [1.165, 1.54) is 6.42 Å². The molecule has 1 aliphatic rings. The molecule has 0 aliphatic heterocycles. The van der Waals surface area contributed by atoms with Gasteiger partial charge in [-0.25, -0.2) is 0 Å². The summed E-state index contributed by atoms with van der Waals surface area (Å²) in [5.74, 6) is 0.434. The lowest BCUT2D eigenvalue weighted by atomic mass is 9.92. The minimum atomic E-state index is -2.10. The van der Waals surface area contributed by atoms with Gasteiger partial charge in [-0.3, -0.25) is 9.00 Å². The van der Waals surface area contributed by atoms with Gasteiger partial charge in [0.25, 0.3) is 0 Å². The molecule has 8 heteroatoms. The first-order chi connectivity index (χ1) is 13.6. The number of hydrogen-bond acceptors (Lipinski definition) is 6. The molecule has 1 heterocycles. The third-order valence-corrected chi connectivity index (χ3v) is 5.55. The average Bonchev–Trinajstić information content (AvgIpc) is 2.65. The maximum atomic E-state index is 10.9. The van der Waals surface area contributed by atoms with Crippen LogP contribution in [-0.2, 0) is 21.6 Å². The Morgan fingerprint density at radius 1 is 1.11 bits per heavy atom. The number of nitrogens with zero attached hydrogens (tertiary/aromatic N) is 2. The van der Waals surface area contributed by atoms with Gasteiger partial charge in [-0.1, -0.05) is 41.4 Å². The molecule has 1 unspecified atom stereocenters. The molecular formula is C20H19N4O3S-. The Morgan fingerprint density at radius 3 is 2.50 bits per heavy atom. The molecule has 3 aromatic rings. The molecule has 2 N–H and O–H groups in total. The standard InChI is InChI=1S/C20H20N4O3S/c25-12-21-20-19(22-16-2-1-3-16)17-9-8-15(10-18(17)23-24-20)14-6-4-13(5-7-14)11-28(26)27/h4-10,12,16H,1-3,11H2,(H,22,23)(H,26,27)(H,21,24,25)/p-1. The number of amides is 1. The van der Waals surface area contributed by atoms with Gasteiger partial charge >= 0.3 is 0 Å². The van der Waals surface area contributed by atoms with Crippen LogP contribution in [0.4, 0.5) is 11.5 Å². The van der Waals surface area contributed by atoms with Crippen molar-refractivity contribution in [3.8, 4) is 11.1 Å². The van der Waals surface area contributed by atoms with Crippen LogP contribution in [0.2, 0.25) is 0 Å². The lowest BCUT2D eigenvalue weighted by Gasteiger charge is -2.28. The van der Waals surface area contributed by atoms with Gasteiger partial charge < -0.3 is 15.2 Å². The van der Waals surface area contributed by atoms with Crippen molar-refractivity contribution in [2.75, 3.05) is 10.6 Å². The number of anilines is 2. The van der Waals surface area contributed by atoms with Gasteiger partial charge in [0.1, 0.15) is 0 Å². The molecule has 0 saturated heterocycles. The van der Waals surface area contributed by atoms with E-state index in [9.17, 15) is 13.6 Å². The minimum absolute atomic E-state index is 0.00613. The molecule has 0 spiro atoms. The number of benzene rings is 2. The lowest BCUT2D eigenvalue weighted by Crippen LogP contribution is -2.27. The molecule has 0 radical (unpaired) electrons. The van der Waals surface area contributed by atoms with Crippen molar-refractivity contribution in [1.82, 2.24) is 10.2 Å². The average molecular weight is 395 g/mol. The second-order valence-corrected chi connectivity index (χ2v) is 7.73. The Hall–Kier alpha value is -2.84. The summed E-state index contributed by atoms with van der Waals surface area (Å²) in [5, 5.41) is 15.4. The summed E-state index contributed by atoms with van der Waals surface area (Å²) in [7, 11) is 0. The van der Waals surface area contributed by atoms with Crippen molar-refractivity contribution in [3.05, 3.63) is 48.0 Å². The molecule has 2 aromatic carbocycles. The van der Waals surface area contributed by atoms with Gasteiger partial charge in [0.05, 0.1) is 11.2 Å². The van der Waals surface area contributed by atoms with E-state index in [0.717, 1.165) is 46.1 Å². The third-order valence-electron chi connectivity index (χ3n) is 4.98. The molecule has 1 atom stereocenters. The van der Waals surface area contributed by atoms with Crippen LogP contribution in [0.1, 0.15) is 24.8 Å². The predicted molar refractivity (Wildman–Crippen MR) is 109 cm³/mol. The molecule has 144 valence electrons. The molecule has 1 fully saturated rings. The van der Waals surface area contributed by atoms with Gasteiger partial charge in [0.2, 0.25) is 6.41 Å². The van der Waals surface area contributed by atoms with Crippen LogP contribution in [0, 0.1) is 0 Å². The third kappa shape index (κ3) is 3.88. The monoisotopic (exact) mass is 395 g/mol. The van der Waals surface area contributed by atoms with E-state index in [-0.39, 0.29) is 5.75 Å². The second-order valence-electron chi connectivity index (χ2n) is 6.83. The van der Waals surface area contributed by atoms with Gasteiger partial charge in [-0.05, 0) is 48.1 Å². The fourth-order valence-corrected chi connectivity index (χ4v) is 3.74. The van der Waals surface area contributed by atoms with Crippen LogP contribution >= 0.6 is 0 Å². The molecule has 1 aromatic heterocycles. The number of aromatic nitrogens is 2. The molecule has 1 aliphatic carbocycles. The minimum Gasteiger partial charge on any atom is -0.772 e. The van der Waals surface area contributed by atoms with Crippen LogP contribution in [0.5, 0.6) is 0 Å². The predicted octanol–water partition coefficient (Wildman–Crippen LogP) is 3.21. The lowest BCUT2D eigenvalue weighted by molar-refractivity contribution is -0.105. The summed E-state index contributed by atoms with van der Waals surface area (Å²) in [6.45, 7) is 0. The molecule has 1 saturated carbocycles. The number of rotatable bonds is 7. The Labute approximate surface area is 164 Å². The van der Waals surface area contributed by atoms with E-state index in [2.05, 4.69) is 20.8 Å². The number of nitrogens with one attached hydrogen (secondary N) is 2. The SMILES string of the molecule is O=CNc1nnc2cc(-c3ccc(CS(=O)[O-])cc3)ccc2c1NC1CCC1. The highest BCUT2D eigenvalue weighted by molar-refractivity contribution is 7.78. The van der Waals surface area contributed by atoms with Crippen LogP contribution in [0.15, 0.2) is 42.5 Å². The van der Waals surface area contributed by atoms with Crippen LogP contribution in [0.3, 0.4) is 0 Å². The molecule has 7 nitrogen and oxygen atoms in total. The second kappa shape index (κ2) is 8.04. The van der Waals surface area contributed by atoms with Crippen LogP contribution in [-0.4, -0.2) is 31.4 Å². The Balaban J connectivity index is 1.69. The Morgan fingerprint density at radius 2 is 1.86 bits per heavy atom. The highest BCUT2D eigenvalue weighted by Gasteiger charge is 2.20. The van der Waals surface area contributed by atoms with Crippen molar-refractivity contribution in [3.63, 3.8) is 0 Å². The first-order valence-corrected chi connectivity index (χ1v) is 10.3. The zero-order valence-electron chi connectivity index (χ0n) is 15.1. The summed E-state index contributed by atoms with van der Waals surface area (Å²) < 4.78 is 21.7.